The van der Waals surface area contributed by atoms with E-state index in [2.05, 4.69) is 36.3 Å². The molecule has 2 bridgehead atoms. The number of aliphatic hydroxyl groups is 2. The van der Waals surface area contributed by atoms with Crippen LogP contribution in [0.15, 0.2) is 48.4 Å². The number of hydrogen-bond donors (Lipinski definition) is 6. The number of fused-ring (bicyclic) bond motifs is 1. The molecule has 3 fully saturated rings. The Bertz CT molecular complexity index is 1670. The van der Waals surface area contributed by atoms with Crippen LogP contribution in [0.3, 0.4) is 0 Å². The van der Waals surface area contributed by atoms with E-state index in [0.29, 0.717) is 73.1 Å². The fourth-order valence-electron chi connectivity index (χ4n) is 11.0. The summed E-state index contributed by atoms with van der Waals surface area (Å²) >= 11 is 0. The van der Waals surface area contributed by atoms with Crippen LogP contribution in [0.5, 0.6) is 11.5 Å². The summed E-state index contributed by atoms with van der Waals surface area (Å²) in [4.78, 5) is 29.0. The molecule has 2 aromatic rings. The summed E-state index contributed by atoms with van der Waals surface area (Å²) in [6.45, 7) is 8.00. The third kappa shape index (κ3) is 9.71. The molecule has 1 aromatic heterocycles. The van der Waals surface area contributed by atoms with Gasteiger partial charge in [-0.15, -0.1) is 0 Å². The van der Waals surface area contributed by atoms with Crippen LogP contribution >= 0.6 is 0 Å². The second-order valence-corrected chi connectivity index (χ2v) is 17.0. The smallest absolute Gasteiger partial charge is 0.302 e. The topological polar surface area (TPSA) is 176 Å². The van der Waals surface area contributed by atoms with Gasteiger partial charge in [0.1, 0.15) is 18.8 Å². The highest BCUT2D eigenvalue weighted by Gasteiger charge is 2.51. The van der Waals surface area contributed by atoms with Gasteiger partial charge in [0.05, 0.1) is 12.4 Å². The molecule has 0 radical (unpaired) electrons. The number of esters is 2. The first kappa shape index (κ1) is 40.7. The molecule has 0 unspecified atom stereocenters. The maximum absolute atomic E-state index is 12.8. The van der Waals surface area contributed by atoms with E-state index in [9.17, 15) is 24.9 Å². The van der Waals surface area contributed by atoms with E-state index in [1.54, 1.807) is 12.1 Å². The van der Waals surface area contributed by atoms with E-state index in [-0.39, 0.29) is 49.1 Å². The number of aryl methyl sites for hydroxylation is 1. The lowest BCUT2D eigenvalue weighted by Gasteiger charge is -2.55. The number of aliphatic hydroxyl groups excluding tert-OH is 2. The minimum atomic E-state index is -0.563. The van der Waals surface area contributed by atoms with Crippen molar-refractivity contribution in [1.82, 2.24) is 10.3 Å². The summed E-state index contributed by atoms with van der Waals surface area (Å²) < 4.78 is 17.9. The second-order valence-electron chi connectivity index (χ2n) is 17.0. The normalized spacial score (nSPS) is 28.8. The number of hydrogen-bond acceptors (Lipinski definition) is 10. The van der Waals surface area contributed by atoms with Crippen LogP contribution in [0.25, 0.3) is 5.57 Å². The molecule has 0 spiro atoms. The number of aromatic amines is 1. The molecule has 1 aliphatic heterocycles. The highest BCUT2D eigenvalue weighted by atomic mass is 16.6. The van der Waals surface area contributed by atoms with Crippen molar-refractivity contribution in [2.24, 2.45) is 53.1 Å². The van der Waals surface area contributed by atoms with Gasteiger partial charge in [0.2, 0.25) is 0 Å². The zero-order valence-electron chi connectivity index (χ0n) is 33.0. The van der Waals surface area contributed by atoms with Crippen molar-refractivity contribution in [3.05, 3.63) is 65.3 Å². The molecule has 1 aromatic carbocycles. The van der Waals surface area contributed by atoms with Crippen molar-refractivity contribution < 1.29 is 39.1 Å². The minimum absolute atomic E-state index is 0.000266. The van der Waals surface area contributed by atoms with E-state index in [0.717, 1.165) is 48.8 Å². The van der Waals surface area contributed by atoms with Gasteiger partial charge in [0.25, 0.3) is 0 Å². The summed E-state index contributed by atoms with van der Waals surface area (Å²) in [6, 6.07) is 7.77. The maximum atomic E-state index is 12.8. The summed E-state index contributed by atoms with van der Waals surface area (Å²) in [5, 5.41) is 34.3. The summed E-state index contributed by atoms with van der Waals surface area (Å²) in [5.41, 5.74) is 9.94. The number of aromatic hydroxyl groups is 1. The molecule has 0 saturated heterocycles. The number of carbonyl (C=O) groups excluding carboxylic acids is 2. The number of H-pyrrole nitrogens is 1. The van der Waals surface area contributed by atoms with Gasteiger partial charge in [-0.05, 0) is 146 Å². The highest BCUT2D eigenvalue weighted by Crippen LogP contribution is 2.59. The SMILES string of the molecule is CC(=O)O[C@H](CCc1cc(OCCO)c(O)cc1C1=CCNC(N)=C1)C[C@@H](OC(C)=O)[C@@H]1C[C@@H](CO)[C@@H]2CC[C@@H](c3ccc[nH]3)[C@@H]3C[C@H](C(C)C)[C@H](C1)C[C@@H]32. The molecule has 3 aliphatic carbocycles. The van der Waals surface area contributed by atoms with E-state index in [1.807, 2.05) is 18.3 Å². The predicted octanol–water partition coefficient (Wildman–Crippen LogP) is 6.19. The molecule has 302 valence electrons. The van der Waals surface area contributed by atoms with Crippen molar-refractivity contribution in [3.8, 4) is 11.5 Å². The fraction of sp³-hybridized carbons (Fsp3) is 0.636. The molecular weight excluding hydrogens is 698 g/mol. The lowest BCUT2D eigenvalue weighted by atomic mass is 9.50. The van der Waals surface area contributed by atoms with Crippen molar-refractivity contribution in [2.45, 2.75) is 104 Å². The minimum Gasteiger partial charge on any atom is -0.504 e. The Morgan fingerprint density at radius 2 is 1.80 bits per heavy atom. The van der Waals surface area contributed by atoms with Gasteiger partial charge in [-0.3, -0.25) is 9.59 Å². The third-order valence-corrected chi connectivity index (χ3v) is 13.3. The average molecular weight is 762 g/mol. The van der Waals surface area contributed by atoms with Crippen molar-refractivity contribution in [1.29, 1.82) is 0 Å². The average Bonchev–Trinajstić information content (AvgIpc) is 3.68. The van der Waals surface area contributed by atoms with Crippen LogP contribution in [0.1, 0.15) is 102 Å². The fourth-order valence-corrected chi connectivity index (χ4v) is 11.0. The first-order chi connectivity index (χ1) is 26.4. The van der Waals surface area contributed by atoms with Crippen LogP contribution in [-0.2, 0) is 25.5 Å². The number of allylic oxidation sites excluding steroid dienone is 2. The van der Waals surface area contributed by atoms with Gasteiger partial charge in [0.15, 0.2) is 11.5 Å². The van der Waals surface area contributed by atoms with Crippen LogP contribution in [0.4, 0.5) is 0 Å². The van der Waals surface area contributed by atoms with Crippen LogP contribution in [-0.4, -0.2) is 70.8 Å². The lowest BCUT2D eigenvalue weighted by molar-refractivity contribution is -0.158. The number of carbonyl (C=O) groups is 2. The van der Waals surface area contributed by atoms with E-state index >= 15 is 0 Å². The van der Waals surface area contributed by atoms with E-state index in [4.69, 9.17) is 19.9 Å². The molecular formula is C44H63N3O8. The summed E-state index contributed by atoms with van der Waals surface area (Å²) in [6.07, 6.45) is 12.1. The van der Waals surface area contributed by atoms with Crippen LogP contribution < -0.4 is 15.8 Å². The number of nitrogens with two attached hydrogens (primary N) is 1. The van der Waals surface area contributed by atoms with Gasteiger partial charge < -0.3 is 45.6 Å². The van der Waals surface area contributed by atoms with Crippen molar-refractivity contribution in [2.75, 3.05) is 26.4 Å². The highest BCUT2D eigenvalue weighted by molar-refractivity contribution is 5.79. The zero-order valence-corrected chi connectivity index (χ0v) is 33.0. The third-order valence-electron chi connectivity index (χ3n) is 13.3. The number of aromatic nitrogens is 1. The summed E-state index contributed by atoms with van der Waals surface area (Å²) in [5.74, 6) is 3.59. The number of nitrogens with one attached hydrogen (secondary N) is 2. The molecule has 7 N–H and O–H groups in total. The summed E-state index contributed by atoms with van der Waals surface area (Å²) in [7, 11) is 0. The molecule has 6 rings (SSSR count). The molecule has 2 heterocycles. The number of dihydropyridines is 1. The second kappa shape index (κ2) is 18.3. The molecule has 0 amide bonds. The quantitative estimate of drug-likeness (QED) is 0.115. The molecule has 10 atom stereocenters. The van der Waals surface area contributed by atoms with Gasteiger partial charge >= 0.3 is 11.9 Å². The Kier molecular flexibility index (Phi) is 13.6. The zero-order chi connectivity index (χ0) is 39.2. The number of rotatable bonds is 15. The Morgan fingerprint density at radius 1 is 1.00 bits per heavy atom. The Labute approximate surface area is 326 Å². The Hall–Kier alpha value is -3.96. The van der Waals surface area contributed by atoms with Crippen molar-refractivity contribution >= 4 is 17.5 Å². The maximum Gasteiger partial charge on any atom is 0.302 e. The van der Waals surface area contributed by atoms with Gasteiger partial charge in [0, 0.05) is 51.2 Å². The number of ether oxygens (including phenoxy) is 3. The van der Waals surface area contributed by atoms with Crippen molar-refractivity contribution in [3.63, 3.8) is 0 Å². The van der Waals surface area contributed by atoms with E-state index < -0.39 is 18.2 Å². The Balaban J connectivity index is 1.27. The molecule has 11 nitrogen and oxygen atoms in total. The molecule has 55 heavy (non-hydrogen) atoms. The number of benzene rings is 1. The first-order valence-corrected chi connectivity index (χ1v) is 20.5. The molecule has 4 aliphatic rings. The first-order valence-electron chi connectivity index (χ1n) is 20.5. The van der Waals surface area contributed by atoms with Crippen LogP contribution in [0.2, 0.25) is 0 Å². The lowest BCUT2D eigenvalue weighted by Crippen LogP contribution is -2.49. The monoisotopic (exact) mass is 761 g/mol. The number of phenols is 1. The number of phenolic OH excluding ortho intramolecular Hbond substituents is 1. The van der Waals surface area contributed by atoms with Crippen LogP contribution in [0, 0.1) is 47.3 Å². The van der Waals surface area contributed by atoms with Gasteiger partial charge in [-0.2, -0.15) is 0 Å². The van der Waals surface area contributed by atoms with Gasteiger partial charge in [-0.25, -0.2) is 0 Å². The largest absolute Gasteiger partial charge is 0.504 e. The van der Waals surface area contributed by atoms with Gasteiger partial charge in [-0.1, -0.05) is 19.9 Å². The molecule has 3 saturated carbocycles. The predicted molar refractivity (Wildman–Crippen MR) is 211 cm³/mol. The molecule has 11 heteroatoms. The van der Waals surface area contributed by atoms with E-state index in [1.165, 1.54) is 26.0 Å². The Morgan fingerprint density at radius 3 is 2.47 bits per heavy atom. The standard InChI is InChI=1S/C44H63N3O8/c1-25(2)36-22-39-35(40-6-5-12-46-40)10-9-34-32(24-49)17-31(16-30(36)18-38(34)39)42(55-27(4)51)21-33(54-26(3)50)8-7-28-19-43(53-15-14-48)41(52)23-37(28)29-11-13-47-44(45)20-29/h5-6,11-12,19-20,23,25,30-36,38-39,42,46-49,52H,7-10,13-18,21-22,24,45H2,1-4H3/t30-,31+,32+,33-,34+,35-,36-,38-,39+,42-/m1/s1.